The van der Waals surface area contributed by atoms with Crippen LogP contribution in [0.1, 0.15) is 265 Å². The van der Waals surface area contributed by atoms with Gasteiger partial charge in [0.15, 0.2) is 6.10 Å². The monoisotopic (exact) mass is 1040 g/mol. The number of esters is 3. The van der Waals surface area contributed by atoms with Gasteiger partial charge in [-0.3, -0.25) is 14.4 Å². The summed E-state index contributed by atoms with van der Waals surface area (Å²) in [6.45, 7) is 6.42. The summed E-state index contributed by atoms with van der Waals surface area (Å²) >= 11 is 0. The van der Waals surface area contributed by atoms with Crippen molar-refractivity contribution in [3.05, 3.63) is 134 Å². The quantitative estimate of drug-likeness (QED) is 0.0261. The molecule has 0 saturated heterocycles. The van der Waals surface area contributed by atoms with Crippen LogP contribution < -0.4 is 0 Å². The SMILES string of the molecule is CC/C=C\C/C=C\C/C=C\C/C=C\C/C=C\CCCCCC(=O)OC[C@@H](COC(=O)CCCCCCCC/C=C\C/C=C\C/C=C\CCCCC)OC(=O)CCCCCCCC/C=C\C/C=C\C/C=C\CCCCC. The van der Waals surface area contributed by atoms with Crippen LogP contribution in [0.5, 0.6) is 0 Å². The van der Waals surface area contributed by atoms with Crippen molar-refractivity contribution >= 4 is 17.9 Å². The van der Waals surface area contributed by atoms with Crippen molar-refractivity contribution < 1.29 is 28.6 Å². The van der Waals surface area contributed by atoms with Crippen LogP contribution in [0.3, 0.4) is 0 Å². The molecule has 0 aliphatic carbocycles. The number of hydrogen-bond donors (Lipinski definition) is 0. The Morgan fingerprint density at radius 3 is 0.827 bits per heavy atom. The van der Waals surface area contributed by atoms with Gasteiger partial charge in [-0.25, -0.2) is 0 Å². The minimum atomic E-state index is -0.811. The van der Waals surface area contributed by atoms with Crippen molar-refractivity contribution in [2.24, 2.45) is 0 Å². The number of hydrogen-bond acceptors (Lipinski definition) is 6. The first kappa shape index (κ1) is 70.5. The van der Waals surface area contributed by atoms with Crippen LogP contribution in [0.25, 0.3) is 0 Å². The molecule has 0 aromatic carbocycles. The first-order valence-corrected chi connectivity index (χ1v) is 30.7. The minimum Gasteiger partial charge on any atom is -0.462 e. The molecule has 0 aliphatic rings. The van der Waals surface area contributed by atoms with Crippen LogP contribution in [0.15, 0.2) is 134 Å². The van der Waals surface area contributed by atoms with Crippen LogP contribution in [0, 0.1) is 0 Å². The summed E-state index contributed by atoms with van der Waals surface area (Å²) in [6, 6.07) is 0. The highest BCUT2D eigenvalue weighted by molar-refractivity contribution is 5.71. The van der Waals surface area contributed by atoms with E-state index < -0.39 is 6.10 Å². The topological polar surface area (TPSA) is 78.9 Å². The predicted octanol–water partition coefficient (Wildman–Crippen LogP) is 21.0. The van der Waals surface area contributed by atoms with Gasteiger partial charge in [-0.1, -0.05) is 238 Å². The summed E-state index contributed by atoms with van der Waals surface area (Å²) in [7, 11) is 0. The van der Waals surface area contributed by atoms with Crippen molar-refractivity contribution in [3.8, 4) is 0 Å². The lowest BCUT2D eigenvalue weighted by atomic mass is 10.1. The lowest BCUT2D eigenvalue weighted by Crippen LogP contribution is -2.30. The van der Waals surface area contributed by atoms with Crippen LogP contribution in [-0.2, 0) is 28.6 Å². The normalized spacial score (nSPS) is 13.1. The van der Waals surface area contributed by atoms with Gasteiger partial charge in [-0.15, -0.1) is 0 Å². The maximum atomic E-state index is 12.9. The Bertz CT molecular complexity index is 1620. The van der Waals surface area contributed by atoms with Crippen molar-refractivity contribution in [2.45, 2.75) is 271 Å². The molecule has 1 atom stereocenters. The summed E-state index contributed by atoms with van der Waals surface area (Å²) in [4.78, 5) is 38.3. The van der Waals surface area contributed by atoms with Gasteiger partial charge in [0.05, 0.1) is 0 Å². The smallest absolute Gasteiger partial charge is 0.306 e. The molecule has 0 N–H and O–H groups in total. The number of allylic oxidation sites excluding steroid dienone is 22. The molecule has 0 amide bonds. The lowest BCUT2D eigenvalue weighted by molar-refractivity contribution is -0.167. The van der Waals surface area contributed by atoms with E-state index in [0.29, 0.717) is 19.3 Å². The van der Waals surface area contributed by atoms with Gasteiger partial charge in [-0.2, -0.15) is 0 Å². The zero-order chi connectivity index (χ0) is 54.3. The number of unbranched alkanes of at least 4 members (excludes halogenated alkanes) is 21. The van der Waals surface area contributed by atoms with E-state index in [1.807, 2.05) is 0 Å². The van der Waals surface area contributed by atoms with Crippen molar-refractivity contribution in [1.82, 2.24) is 0 Å². The number of carbonyl (C=O) groups is 3. The average Bonchev–Trinajstić information content (AvgIpc) is 3.41. The summed E-state index contributed by atoms with van der Waals surface area (Å²) < 4.78 is 16.9. The third kappa shape index (κ3) is 60.3. The van der Waals surface area contributed by atoms with E-state index in [9.17, 15) is 14.4 Å². The second-order valence-electron chi connectivity index (χ2n) is 19.9. The average molecular weight is 1040 g/mol. The summed E-state index contributed by atoms with van der Waals surface area (Å²) in [5.41, 5.74) is 0. The van der Waals surface area contributed by atoms with Crippen LogP contribution in [0.2, 0.25) is 0 Å². The molecule has 0 aromatic heterocycles. The largest absolute Gasteiger partial charge is 0.462 e. The molecule has 0 aliphatic heterocycles. The Kier molecular flexibility index (Phi) is 58.4. The Balaban J connectivity index is 4.53. The van der Waals surface area contributed by atoms with E-state index in [0.717, 1.165) is 148 Å². The van der Waals surface area contributed by atoms with Gasteiger partial charge < -0.3 is 14.2 Å². The maximum Gasteiger partial charge on any atom is 0.306 e. The van der Waals surface area contributed by atoms with Crippen LogP contribution >= 0.6 is 0 Å². The van der Waals surface area contributed by atoms with Crippen molar-refractivity contribution in [3.63, 3.8) is 0 Å². The van der Waals surface area contributed by atoms with Crippen LogP contribution in [-0.4, -0.2) is 37.2 Å². The molecule has 0 rings (SSSR count). The second kappa shape index (κ2) is 62.1. The highest BCUT2D eigenvalue weighted by atomic mass is 16.6. The minimum absolute atomic E-state index is 0.105. The van der Waals surface area contributed by atoms with E-state index in [1.165, 1.54) is 77.0 Å². The summed E-state index contributed by atoms with van der Waals surface area (Å²) in [6.07, 6.45) is 87.2. The molecule has 424 valence electrons. The van der Waals surface area contributed by atoms with Gasteiger partial charge in [0.25, 0.3) is 0 Å². The number of ether oxygens (including phenoxy) is 3. The molecular formula is C69H112O6. The molecule has 0 saturated carbocycles. The Morgan fingerprint density at radius 1 is 0.280 bits per heavy atom. The standard InChI is InChI=1S/C69H112O6/c1-4-7-10-13-16-19-22-25-28-31-34-37-40-43-46-49-52-55-58-61-67(70)73-64-66(75-69(72)63-60-57-54-51-48-45-42-39-36-33-30-27-24-21-18-15-12-9-6-3)65-74-68(71)62-59-56-53-50-47-44-41-38-35-32-29-26-23-20-17-14-11-8-5-2/h7,10,16-21,25-30,34-39,43,46,66H,4-6,8-9,11-15,22-24,31-33,40-42,44-45,47-65H2,1-3H3/b10-7-,19-16-,20-17-,21-18-,28-25-,29-26-,30-27-,37-34-,38-35-,39-36-,46-43-/t66-/m0/s1. The Morgan fingerprint density at radius 2 is 0.520 bits per heavy atom. The van der Waals surface area contributed by atoms with E-state index in [1.54, 1.807) is 0 Å². The molecular weight excluding hydrogens is 925 g/mol. The predicted molar refractivity (Wildman–Crippen MR) is 325 cm³/mol. The second-order valence-corrected chi connectivity index (χ2v) is 19.9. The summed E-state index contributed by atoms with van der Waals surface area (Å²) in [5.74, 6) is -0.963. The van der Waals surface area contributed by atoms with Gasteiger partial charge in [0.2, 0.25) is 0 Å². The van der Waals surface area contributed by atoms with E-state index in [2.05, 4.69) is 154 Å². The fraction of sp³-hybridized carbons (Fsp3) is 0.638. The molecule has 0 radical (unpaired) electrons. The summed E-state index contributed by atoms with van der Waals surface area (Å²) in [5, 5.41) is 0. The van der Waals surface area contributed by atoms with Crippen molar-refractivity contribution in [1.29, 1.82) is 0 Å². The maximum absolute atomic E-state index is 12.9. The molecule has 0 spiro atoms. The van der Waals surface area contributed by atoms with Gasteiger partial charge in [0.1, 0.15) is 13.2 Å². The first-order valence-electron chi connectivity index (χ1n) is 30.7. The molecule has 6 heteroatoms. The number of carbonyl (C=O) groups excluding carboxylic acids is 3. The molecule has 0 fully saturated rings. The molecule has 6 nitrogen and oxygen atoms in total. The van der Waals surface area contributed by atoms with Crippen LogP contribution in [0.4, 0.5) is 0 Å². The zero-order valence-electron chi connectivity index (χ0n) is 48.5. The number of rotatable bonds is 54. The molecule has 75 heavy (non-hydrogen) atoms. The van der Waals surface area contributed by atoms with E-state index in [-0.39, 0.29) is 31.1 Å². The zero-order valence-corrected chi connectivity index (χ0v) is 48.5. The third-order valence-electron chi connectivity index (χ3n) is 12.6. The molecule has 0 bridgehead atoms. The van der Waals surface area contributed by atoms with E-state index in [4.69, 9.17) is 14.2 Å². The molecule has 0 unspecified atom stereocenters. The van der Waals surface area contributed by atoms with Gasteiger partial charge >= 0.3 is 17.9 Å². The van der Waals surface area contributed by atoms with Gasteiger partial charge in [-0.05, 0) is 141 Å². The van der Waals surface area contributed by atoms with Gasteiger partial charge in [0, 0.05) is 19.3 Å². The highest BCUT2D eigenvalue weighted by Crippen LogP contribution is 2.14. The first-order chi connectivity index (χ1) is 37.0. The molecule has 0 heterocycles. The Hall–Kier alpha value is -4.45. The van der Waals surface area contributed by atoms with E-state index >= 15 is 0 Å². The highest BCUT2D eigenvalue weighted by Gasteiger charge is 2.19. The fourth-order valence-corrected chi connectivity index (χ4v) is 8.01. The molecule has 0 aromatic rings. The fourth-order valence-electron chi connectivity index (χ4n) is 8.01. The third-order valence-corrected chi connectivity index (χ3v) is 12.6. The Labute approximate surface area is 462 Å². The van der Waals surface area contributed by atoms with Crippen molar-refractivity contribution in [2.75, 3.05) is 13.2 Å². The lowest BCUT2D eigenvalue weighted by Gasteiger charge is -2.18.